The van der Waals surface area contributed by atoms with Gasteiger partial charge >= 0.3 is 5.97 Å². The van der Waals surface area contributed by atoms with Crippen molar-refractivity contribution in [2.24, 2.45) is 0 Å². The summed E-state index contributed by atoms with van der Waals surface area (Å²) in [6.07, 6.45) is 0. The zero-order valence-electron chi connectivity index (χ0n) is 14.5. The van der Waals surface area contributed by atoms with E-state index >= 15 is 0 Å². The number of esters is 1. The Morgan fingerprint density at radius 3 is 2.50 bits per heavy atom. The number of anilines is 1. The maximum absolute atomic E-state index is 12.6. The molecule has 1 N–H and O–H groups in total. The normalized spacial score (nSPS) is 9.96. The van der Waals surface area contributed by atoms with Crippen molar-refractivity contribution in [3.8, 4) is 6.07 Å². The minimum absolute atomic E-state index is 0.0974. The number of hydrogen-bond acceptors (Lipinski definition) is 6. The van der Waals surface area contributed by atoms with Crippen molar-refractivity contribution in [1.82, 2.24) is 0 Å². The van der Waals surface area contributed by atoms with Gasteiger partial charge in [0.15, 0.2) is 6.61 Å². The van der Waals surface area contributed by atoms with Gasteiger partial charge in [0.2, 0.25) is 5.78 Å². The number of rotatable bonds is 6. The van der Waals surface area contributed by atoms with E-state index in [4.69, 9.17) is 10.00 Å². The molecule has 1 aromatic heterocycles. The highest BCUT2D eigenvalue weighted by Crippen LogP contribution is 2.19. The first kappa shape index (κ1) is 19.0. The average molecular weight is 390 g/mol. The van der Waals surface area contributed by atoms with Crippen LogP contribution in [0.5, 0.6) is 0 Å². The molecule has 0 radical (unpaired) electrons. The van der Waals surface area contributed by atoms with Crippen molar-refractivity contribution >= 4 is 34.7 Å². The van der Waals surface area contributed by atoms with Crippen LogP contribution in [-0.2, 0) is 9.53 Å². The Bertz CT molecular complexity index is 1070. The van der Waals surface area contributed by atoms with Crippen molar-refractivity contribution in [3.05, 3.63) is 87.6 Å². The van der Waals surface area contributed by atoms with E-state index in [1.54, 1.807) is 53.9 Å². The molecule has 0 fully saturated rings. The molecule has 0 saturated heterocycles. The molecule has 0 aliphatic heterocycles. The molecule has 3 aromatic rings. The van der Waals surface area contributed by atoms with E-state index in [1.165, 1.54) is 23.5 Å². The van der Waals surface area contributed by atoms with Crippen molar-refractivity contribution < 1.29 is 19.1 Å². The van der Waals surface area contributed by atoms with E-state index < -0.39 is 18.5 Å². The van der Waals surface area contributed by atoms with Crippen LogP contribution in [0.15, 0.2) is 66.0 Å². The average Bonchev–Trinajstić information content (AvgIpc) is 3.26. The maximum Gasteiger partial charge on any atom is 0.339 e. The summed E-state index contributed by atoms with van der Waals surface area (Å²) >= 11 is 1.28. The lowest BCUT2D eigenvalue weighted by Crippen LogP contribution is -2.22. The van der Waals surface area contributed by atoms with Crippen LogP contribution in [0.3, 0.4) is 0 Å². The Morgan fingerprint density at radius 2 is 1.79 bits per heavy atom. The number of amides is 1. The Morgan fingerprint density at radius 1 is 1.00 bits per heavy atom. The number of hydrogen-bond donors (Lipinski definition) is 1. The highest BCUT2D eigenvalue weighted by Gasteiger charge is 2.20. The van der Waals surface area contributed by atoms with Crippen molar-refractivity contribution in [2.45, 2.75) is 0 Å². The second-order valence-electron chi connectivity index (χ2n) is 5.67. The zero-order chi connectivity index (χ0) is 19.9. The van der Waals surface area contributed by atoms with E-state index in [0.29, 0.717) is 16.1 Å². The van der Waals surface area contributed by atoms with Crippen molar-refractivity contribution in [2.75, 3.05) is 11.9 Å². The molecule has 2 aromatic carbocycles. The highest BCUT2D eigenvalue weighted by molar-refractivity contribution is 7.12. The number of nitriles is 1. The summed E-state index contributed by atoms with van der Waals surface area (Å²) in [4.78, 5) is 37.5. The first-order chi connectivity index (χ1) is 13.6. The molecule has 3 rings (SSSR count). The first-order valence-corrected chi connectivity index (χ1v) is 9.11. The summed E-state index contributed by atoms with van der Waals surface area (Å²) in [6, 6.07) is 18.1. The van der Waals surface area contributed by atoms with Gasteiger partial charge in [-0.05, 0) is 35.7 Å². The monoisotopic (exact) mass is 390 g/mol. The number of nitrogens with zero attached hydrogens (tertiary/aromatic N) is 1. The molecule has 1 amide bonds. The predicted octanol–water partition coefficient (Wildman–Crippen LogP) is 3.65. The van der Waals surface area contributed by atoms with Crippen LogP contribution >= 0.6 is 11.3 Å². The van der Waals surface area contributed by atoms with E-state index in [-0.39, 0.29) is 16.9 Å². The standard InChI is InChI=1S/C21H14N2O4S/c22-12-14-5-3-6-15(11-14)23-19(24)13-27-21(26)17-8-2-1-7-16(17)20(25)18-9-4-10-28-18/h1-11H,13H2,(H,23,24). The molecular weight excluding hydrogens is 376 g/mol. The molecule has 0 aliphatic carbocycles. The smallest absolute Gasteiger partial charge is 0.339 e. The Kier molecular flexibility index (Phi) is 5.94. The number of ketones is 1. The van der Waals surface area contributed by atoms with Crippen LogP contribution in [-0.4, -0.2) is 24.3 Å². The second kappa shape index (κ2) is 8.75. The number of benzene rings is 2. The summed E-state index contributed by atoms with van der Waals surface area (Å²) < 4.78 is 5.06. The molecule has 0 bridgehead atoms. The van der Waals surface area contributed by atoms with Gasteiger partial charge in [-0.15, -0.1) is 11.3 Å². The van der Waals surface area contributed by atoms with Gasteiger partial charge in [-0.25, -0.2) is 4.79 Å². The fourth-order valence-corrected chi connectivity index (χ4v) is 3.15. The van der Waals surface area contributed by atoms with Gasteiger partial charge in [-0.2, -0.15) is 5.26 Å². The Hall–Kier alpha value is -3.76. The van der Waals surface area contributed by atoms with E-state index in [0.717, 1.165) is 0 Å². The fraction of sp³-hybridized carbons (Fsp3) is 0.0476. The summed E-state index contributed by atoms with van der Waals surface area (Å²) in [6.45, 7) is -0.517. The third-order valence-electron chi connectivity index (χ3n) is 3.75. The van der Waals surface area contributed by atoms with Crippen LogP contribution in [0, 0.1) is 11.3 Å². The SMILES string of the molecule is N#Cc1cccc(NC(=O)COC(=O)c2ccccc2C(=O)c2cccs2)c1. The molecule has 28 heavy (non-hydrogen) atoms. The minimum Gasteiger partial charge on any atom is -0.452 e. The highest BCUT2D eigenvalue weighted by atomic mass is 32.1. The summed E-state index contributed by atoms with van der Waals surface area (Å²) in [5.74, 6) is -1.59. The van der Waals surface area contributed by atoms with Crippen LogP contribution in [0.25, 0.3) is 0 Å². The second-order valence-corrected chi connectivity index (χ2v) is 6.62. The van der Waals surface area contributed by atoms with Gasteiger partial charge in [0.1, 0.15) is 0 Å². The lowest BCUT2D eigenvalue weighted by Gasteiger charge is -2.09. The number of nitrogens with one attached hydrogen (secondary N) is 1. The zero-order valence-corrected chi connectivity index (χ0v) is 15.4. The number of carbonyl (C=O) groups is 3. The lowest BCUT2D eigenvalue weighted by atomic mass is 10.0. The molecule has 0 spiro atoms. The van der Waals surface area contributed by atoms with Crippen molar-refractivity contribution in [3.63, 3.8) is 0 Å². The molecule has 0 aliphatic rings. The quantitative estimate of drug-likeness (QED) is 0.512. The predicted molar refractivity (Wildman–Crippen MR) is 104 cm³/mol. The molecule has 7 heteroatoms. The van der Waals surface area contributed by atoms with Crippen LogP contribution in [0.1, 0.15) is 31.2 Å². The maximum atomic E-state index is 12.6. The molecule has 6 nitrogen and oxygen atoms in total. The molecule has 0 saturated carbocycles. The van der Waals surface area contributed by atoms with Gasteiger partial charge in [0.05, 0.1) is 22.1 Å². The summed E-state index contributed by atoms with van der Waals surface area (Å²) in [7, 11) is 0. The van der Waals surface area contributed by atoms with E-state index in [9.17, 15) is 14.4 Å². The lowest BCUT2D eigenvalue weighted by molar-refractivity contribution is -0.119. The van der Waals surface area contributed by atoms with Gasteiger partial charge in [0.25, 0.3) is 5.91 Å². The van der Waals surface area contributed by atoms with E-state index in [2.05, 4.69) is 5.32 Å². The van der Waals surface area contributed by atoms with Crippen molar-refractivity contribution in [1.29, 1.82) is 5.26 Å². The van der Waals surface area contributed by atoms with Crippen LogP contribution in [0.4, 0.5) is 5.69 Å². The molecule has 1 heterocycles. The van der Waals surface area contributed by atoms with Gasteiger partial charge in [-0.3, -0.25) is 9.59 Å². The molecule has 0 unspecified atom stereocenters. The van der Waals surface area contributed by atoms with E-state index in [1.807, 2.05) is 6.07 Å². The third-order valence-corrected chi connectivity index (χ3v) is 4.61. The Balaban J connectivity index is 1.66. The van der Waals surface area contributed by atoms with Gasteiger partial charge < -0.3 is 10.1 Å². The minimum atomic E-state index is -0.763. The third kappa shape index (κ3) is 4.50. The number of thiophene rings is 1. The van der Waals surface area contributed by atoms with Crippen LogP contribution < -0.4 is 5.32 Å². The van der Waals surface area contributed by atoms with Gasteiger partial charge in [0, 0.05) is 11.3 Å². The van der Waals surface area contributed by atoms with Gasteiger partial charge in [-0.1, -0.05) is 30.3 Å². The number of ether oxygens (including phenoxy) is 1. The largest absolute Gasteiger partial charge is 0.452 e. The summed E-state index contributed by atoms with van der Waals surface area (Å²) in [5, 5.41) is 13.2. The fourth-order valence-electron chi connectivity index (χ4n) is 2.47. The molecular formula is C21H14N2O4S. The Labute approximate surface area is 165 Å². The van der Waals surface area contributed by atoms with Crippen LogP contribution in [0.2, 0.25) is 0 Å². The molecule has 138 valence electrons. The summed E-state index contributed by atoms with van der Waals surface area (Å²) in [5.41, 5.74) is 1.14. The topological polar surface area (TPSA) is 96.3 Å². The number of carbonyl (C=O) groups excluding carboxylic acids is 3. The first-order valence-electron chi connectivity index (χ1n) is 8.23. The molecule has 0 atom stereocenters.